The third kappa shape index (κ3) is 2.95. The first-order valence-electron chi connectivity index (χ1n) is 7.13. The monoisotopic (exact) mass is 286 g/mol. The number of aliphatic hydroxyl groups is 1. The summed E-state index contributed by atoms with van der Waals surface area (Å²) in [4.78, 5) is 16.5. The minimum Gasteiger partial charge on any atom is -0.394 e. The van der Waals surface area contributed by atoms with Gasteiger partial charge in [0.2, 0.25) is 5.82 Å². The minimum atomic E-state index is -0.354. The molecule has 1 aromatic heterocycles. The highest BCUT2D eigenvalue weighted by molar-refractivity contribution is 5.90. The highest BCUT2D eigenvalue weighted by atomic mass is 16.3. The maximum absolute atomic E-state index is 12.1. The number of aromatic nitrogens is 3. The predicted molar refractivity (Wildman–Crippen MR) is 77.3 cm³/mol. The molecule has 1 atom stereocenters. The van der Waals surface area contributed by atoms with Crippen molar-refractivity contribution in [1.82, 2.24) is 20.1 Å². The van der Waals surface area contributed by atoms with Gasteiger partial charge in [0.15, 0.2) is 0 Å². The molecule has 0 spiro atoms. The molecule has 0 bridgehead atoms. The molecule has 1 unspecified atom stereocenters. The van der Waals surface area contributed by atoms with Gasteiger partial charge in [0.25, 0.3) is 5.91 Å². The van der Waals surface area contributed by atoms with Gasteiger partial charge in [-0.2, -0.15) is 0 Å². The maximum Gasteiger partial charge on any atom is 0.291 e. The molecule has 1 fully saturated rings. The Labute approximate surface area is 122 Å². The molecule has 2 N–H and O–H groups in total. The Morgan fingerprint density at radius 1 is 1.43 bits per heavy atom. The maximum atomic E-state index is 12.1. The predicted octanol–water partition coefficient (Wildman–Crippen LogP) is 1.26. The summed E-state index contributed by atoms with van der Waals surface area (Å²) in [5, 5.41) is 16.0. The van der Waals surface area contributed by atoms with E-state index in [-0.39, 0.29) is 24.4 Å². The van der Waals surface area contributed by atoms with Crippen molar-refractivity contribution >= 4 is 5.91 Å². The van der Waals surface area contributed by atoms with Crippen LogP contribution in [0.15, 0.2) is 30.3 Å². The number of rotatable bonds is 5. The van der Waals surface area contributed by atoms with Crippen molar-refractivity contribution in [1.29, 1.82) is 0 Å². The van der Waals surface area contributed by atoms with Gasteiger partial charge in [0.1, 0.15) is 5.82 Å². The van der Waals surface area contributed by atoms with Gasteiger partial charge >= 0.3 is 0 Å². The molecule has 6 nitrogen and oxygen atoms in total. The number of para-hydroxylation sites is 1. The van der Waals surface area contributed by atoms with Crippen LogP contribution in [0, 0.1) is 0 Å². The van der Waals surface area contributed by atoms with Gasteiger partial charge in [-0.3, -0.25) is 4.79 Å². The number of nitrogens with one attached hydrogen (secondary N) is 1. The van der Waals surface area contributed by atoms with Crippen molar-refractivity contribution in [3.05, 3.63) is 42.0 Å². The van der Waals surface area contributed by atoms with Crippen LogP contribution in [0.2, 0.25) is 0 Å². The van der Waals surface area contributed by atoms with Crippen LogP contribution in [0.5, 0.6) is 0 Å². The van der Waals surface area contributed by atoms with Crippen molar-refractivity contribution in [3.8, 4) is 5.69 Å². The number of hydrogen-bond acceptors (Lipinski definition) is 4. The molecule has 110 valence electrons. The zero-order valence-electron chi connectivity index (χ0n) is 11.9. The number of carbonyl (C=O) groups excluding carboxylic acids is 1. The SMILES string of the molecule is CC(CO)NC(=O)c1nc(C2CC2)n(-c2ccccc2)n1. The van der Waals surface area contributed by atoms with E-state index < -0.39 is 0 Å². The van der Waals surface area contributed by atoms with Crippen LogP contribution >= 0.6 is 0 Å². The van der Waals surface area contributed by atoms with E-state index in [9.17, 15) is 4.79 Å². The van der Waals surface area contributed by atoms with Gasteiger partial charge in [0.05, 0.1) is 12.3 Å². The lowest BCUT2D eigenvalue weighted by atomic mass is 10.3. The van der Waals surface area contributed by atoms with Gasteiger partial charge < -0.3 is 10.4 Å². The first-order valence-corrected chi connectivity index (χ1v) is 7.13. The van der Waals surface area contributed by atoms with Crippen LogP contribution in [0.3, 0.4) is 0 Å². The first kappa shape index (κ1) is 13.8. The number of aliphatic hydroxyl groups excluding tert-OH is 1. The van der Waals surface area contributed by atoms with Crippen molar-refractivity contribution in [3.63, 3.8) is 0 Å². The van der Waals surface area contributed by atoms with Crippen LogP contribution in [-0.2, 0) is 0 Å². The second-order valence-electron chi connectivity index (χ2n) is 5.37. The molecular formula is C15H18N4O2. The van der Waals surface area contributed by atoms with Crippen molar-refractivity contribution in [2.45, 2.75) is 31.7 Å². The number of benzene rings is 1. The molecule has 0 aliphatic heterocycles. The van der Waals surface area contributed by atoms with E-state index in [1.165, 1.54) is 0 Å². The van der Waals surface area contributed by atoms with Crippen LogP contribution in [0.1, 0.15) is 42.1 Å². The fourth-order valence-corrected chi connectivity index (χ4v) is 2.12. The van der Waals surface area contributed by atoms with E-state index in [0.717, 1.165) is 24.4 Å². The molecule has 0 saturated heterocycles. The number of amides is 1. The van der Waals surface area contributed by atoms with Crippen LogP contribution in [0.25, 0.3) is 5.69 Å². The molecule has 2 aromatic rings. The molecule has 1 saturated carbocycles. The quantitative estimate of drug-likeness (QED) is 0.867. The molecule has 1 aliphatic rings. The lowest BCUT2D eigenvalue weighted by Crippen LogP contribution is -2.35. The van der Waals surface area contributed by atoms with E-state index in [2.05, 4.69) is 15.4 Å². The Balaban J connectivity index is 1.92. The minimum absolute atomic E-state index is 0.111. The molecule has 1 amide bonds. The summed E-state index contributed by atoms with van der Waals surface area (Å²) in [6.45, 7) is 1.62. The Morgan fingerprint density at radius 2 is 2.14 bits per heavy atom. The Kier molecular flexibility index (Phi) is 3.70. The molecule has 6 heteroatoms. The second kappa shape index (κ2) is 5.65. The van der Waals surface area contributed by atoms with Gasteiger partial charge in [-0.15, -0.1) is 5.10 Å². The van der Waals surface area contributed by atoms with Gasteiger partial charge in [-0.05, 0) is 31.9 Å². The fourth-order valence-electron chi connectivity index (χ4n) is 2.12. The molecule has 1 aliphatic carbocycles. The van der Waals surface area contributed by atoms with E-state index in [1.54, 1.807) is 11.6 Å². The molecular weight excluding hydrogens is 268 g/mol. The average Bonchev–Trinajstić information content (AvgIpc) is 3.26. The zero-order chi connectivity index (χ0) is 14.8. The Hall–Kier alpha value is -2.21. The van der Waals surface area contributed by atoms with E-state index in [4.69, 9.17) is 5.11 Å². The molecule has 1 aromatic carbocycles. The van der Waals surface area contributed by atoms with E-state index in [0.29, 0.717) is 5.92 Å². The van der Waals surface area contributed by atoms with Crippen molar-refractivity contribution in [2.24, 2.45) is 0 Å². The topological polar surface area (TPSA) is 80.0 Å². The summed E-state index contributed by atoms with van der Waals surface area (Å²) in [5.41, 5.74) is 0.904. The second-order valence-corrected chi connectivity index (χ2v) is 5.37. The summed E-state index contributed by atoms with van der Waals surface area (Å²) in [6.07, 6.45) is 2.17. The Morgan fingerprint density at radius 3 is 2.76 bits per heavy atom. The summed E-state index contributed by atoms with van der Waals surface area (Å²) >= 11 is 0. The standard InChI is InChI=1S/C15H18N4O2/c1-10(9-20)16-15(21)13-17-14(11-7-8-11)19(18-13)12-5-3-2-4-6-12/h2-6,10-11,20H,7-9H2,1H3,(H,16,21). The lowest BCUT2D eigenvalue weighted by molar-refractivity contribution is 0.0912. The fraction of sp³-hybridized carbons (Fsp3) is 0.400. The van der Waals surface area contributed by atoms with Crippen LogP contribution < -0.4 is 5.32 Å². The van der Waals surface area contributed by atoms with E-state index in [1.807, 2.05) is 30.3 Å². The van der Waals surface area contributed by atoms with Crippen molar-refractivity contribution in [2.75, 3.05) is 6.61 Å². The summed E-state index contributed by atoms with van der Waals surface area (Å²) in [7, 11) is 0. The highest BCUT2D eigenvalue weighted by Crippen LogP contribution is 2.39. The average molecular weight is 286 g/mol. The third-order valence-corrected chi connectivity index (χ3v) is 3.43. The summed E-state index contributed by atoms with van der Waals surface area (Å²) in [5.74, 6) is 1.02. The molecule has 21 heavy (non-hydrogen) atoms. The third-order valence-electron chi connectivity index (χ3n) is 3.43. The van der Waals surface area contributed by atoms with Gasteiger partial charge in [0, 0.05) is 12.0 Å². The van der Waals surface area contributed by atoms with Gasteiger partial charge in [-0.25, -0.2) is 9.67 Å². The first-order chi connectivity index (χ1) is 10.2. The smallest absolute Gasteiger partial charge is 0.291 e. The van der Waals surface area contributed by atoms with Crippen LogP contribution in [0.4, 0.5) is 0 Å². The molecule has 1 heterocycles. The van der Waals surface area contributed by atoms with Crippen molar-refractivity contribution < 1.29 is 9.90 Å². The van der Waals surface area contributed by atoms with Crippen LogP contribution in [-0.4, -0.2) is 38.4 Å². The zero-order valence-corrected chi connectivity index (χ0v) is 11.9. The number of carbonyl (C=O) groups is 1. The summed E-state index contributed by atoms with van der Waals surface area (Å²) in [6, 6.07) is 9.37. The Bertz CT molecular complexity index is 634. The largest absolute Gasteiger partial charge is 0.394 e. The number of nitrogens with zero attached hydrogens (tertiary/aromatic N) is 3. The van der Waals surface area contributed by atoms with Gasteiger partial charge in [-0.1, -0.05) is 18.2 Å². The number of hydrogen-bond donors (Lipinski definition) is 2. The van der Waals surface area contributed by atoms with E-state index >= 15 is 0 Å². The lowest BCUT2D eigenvalue weighted by Gasteiger charge is -2.07. The molecule has 0 radical (unpaired) electrons. The highest BCUT2D eigenvalue weighted by Gasteiger charge is 2.31. The molecule has 3 rings (SSSR count). The summed E-state index contributed by atoms with van der Waals surface area (Å²) < 4.78 is 1.75. The normalized spacial score (nSPS) is 15.7.